The van der Waals surface area contributed by atoms with Gasteiger partial charge in [0, 0.05) is 5.69 Å². The van der Waals surface area contributed by atoms with Crippen LogP contribution in [-0.4, -0.2) is 4.57 Å². The molecule has 0 aliphatic carbocycles. The molecule has 0 unspecified atom stereocenters. The highest BCUT2D eigenvalue weighted by molar-refractivity contribution is 6.24. The van der Waals surface area contributed by atoms with Crippen molar-refractivity contribution in [2.45, 2.75) is 27.7 Å². The van der Waals surface area contributed by atoms with Crippen molar-refractivity contribution in [3.05, 3.63) is 186 Å². The number of fused-ring (bicyclic) bond motifs is 3. The van der Waals surface area contributed by atoms with Crippen molar-refractivity contribution in [1.82, 2.24) is 4.57 Å². The van der Waals surface area contributed by atoms with Crippen LogP contribution in [0.1, 0.15) is 22.3 Å². The Kier molecular flexibility index (Phi) is 7.44. The Labute approximate surface area is 300 Å². The Morgan fingerprint density at radius 1 is 0.353 bits per heavy atom. The van der Waals surface area contributed by atoms with E-state index < -0.39 is 0 Å². The molecule has 0 saturated heterocycles. The minimum Gasteiger partial charge on any atom is -0.309 e. The molecule has 9 aromatic rings. The van der Waals surface area contributed by atoms with Gasteiger partial charge in [0.15, 0.2) is 0 Å². The number of hydrogen-bond donors (Lipinski definition) is 0. The van der Waals surface area contributed by atoms with Crippen LogP contribution in [0.4, 0.5) is 0 Å². The maximum atomic E-state index is 2.46. The van der Waals surface area contributed by atoms with E-state index in [1.165, 1.54) is 99.3 Å². The molecule has 0 N–H and O–H groups in total. The molecule has 0 spiro atoms. The van der Waals surface area contributed by atoms with Gasteiger partial charge in [-0.1, -0.05) is 140 Å². The smallest absolute Gasteiger partial charge is 0.0535 e. The topological polar surface area (TPSA) is 4.93 Å². The van der Waals surface area contributed by atoms with E-state index in [-0.39, 0.29) is 0 Å². The number of nitrogens with zero attached hydrogens (tertiary/aromatic N) is 1. The fraction of sp³-hybridized carbons (Fsp3) is 0.0800. The average molecular weight is 654 g/mol. The zero-order chi connectivity index (χ0) is 34.6. The van der Waals surface area contributed by atoms with Gasteiger partial charge in [-0.2, -0.15) is 0 Å². The Morgan fingerprint density at radius 2 is 0.863 bits per heavy atom. The zero-order valence-electron chi connectivity index (χ0n) is 29.5. The monoisotopic (exact) mass is 653 g/mol. The van der Waals surface area contributed by atoms with Crippen LogP contribution in [0.5, 0.6) is 0 Å². The van der Waals surface area contributed by atoms with Crippen LogP contribution in [0, 0.1) is 27.7 Å². The lowest BCUT2D eigenvalue weighted by Crippen LogP contribution is -2.02. The third kappa shape index (κ3) is 5.00. The molecule has 1 heteroatoms. The van der Waals surface area contributed by atoms with Gasteiger partial charge in [-0.15, -0.1) is 0 Å². The van der Waals surface area contributed by atoms with Crippen LogP contribution in [0.3, 0.4) is 0 Å². The fourth-order valence-corrected chi connectivity index (χ4v) is 8.28. The van der Waals surface area contributed by atoms with Crippen molar-refractivity contribution >= 4 is 32.3 Å². The highest BCUT2D eigenvalue weighted by atomic mass is 15.0. The first-order valence-electron chi connectivity index (χ1n) is 17.9. The summed E-state index contributed by atoms with van der Waals surface area (Å²) in [7, 11) is 0. The lowest BCUT2D eigenvalue weighted by atomic mass is 9.81. The molecule has 0 aliphatic heterocycles. The summed E-state index contributed by atoms with van der Waals surface area (Å²) in [5.41, 5.74) is 16.4. The second-order valence-corrected chi connectivity index (χ2v) is 13.9. The van der Waals surface area contributed by atoms with Crippen LogP contribution in [0.15, 0.2) is 164 Å². The van der Waals surface area contributed by atoms with Gasteiger partial charge < -0.3 is 4.57 Å². The number of hydrogen-bond acceptors (Lipinski definition) is 0. The van der Waals surface area contributed by atoms with Crippen LogP contribution in [-0.2, 0) is 0 Å². The summed E-state index contributed by atoms with van der Waals surface area (Å²) < 4.78 is 2.45. The third-order valence-corrected chi connectivity index (χ3v) is 11.0. The van der Waals surface area contributed by atoms with E-state index in [4.69, 9.17) is 0 Å². The molecule has 0 amide bonds. The molecular weight excluding hydrogens is 615 g/mol. The number of aromatic nitrogens is 1. The lowest BCUT2D eigenvalue weighted by Gasteiger charge is -2.23. The first-order chi connectivity index (χ1) is 25.0. The molecular formula is C50H39N. The molecule has 0 bridgehead atoms. The zero-order valence-corrected chi connectivity index (χ0v) is 29.5. The average Bonchev–Trinajstić information content (AvgIpc) is 3.63. The molecule has 0 radical (unpaired) electrons. The van der Waals surface area contributed by atoms with Crippen molar-refractivity contribution in [2.75, 3.05) is 0 Å². The van der Waals surface area contributed by atoms with Crippen LogP contribution in [0.25, 0.3) is 82.8 Å². The Morgan fingerprint density at radius 3 is 1.49 bits per heavy atom. The SMILES string of the molecule is Cc1cc(C)c(C)c(-c2c3ccccc3c(-c3cccc4ccccc34)c3ccc(-n4c(-c5ccccc5)ccc4-c4ccccc4)cc23)c1C. The molecule has 0 saturated carbocycles. The van der Waals surface area contributed by atoms with Crippen LogP contribution >= 0.6 is 0 Å². The molecule has 0 atom stereocenters. The summed E-state index contributed by atoms with van der Waals surface area (Å²) in [4.78, 5) is 0. The molecule has 1 nitrogen and oxygen atoms in total. The first kappa shape index (κ1) is 30.8. The van der Waals surface area contributed by atoms with Gasteiger partial charge in [0.25, 0.3) is 0 Å². The van der Waals surface area contributed by atoms with Gasteiger partial charge in [0.1, 0.15) is 0 Å². The maximum Gasteiger partial charge on any atom is 0.0535 e. The van der Waals surface area contributed by atoms with Gasteiger partial charge >= 0.3 is 0 Å². The van der Waals surface area contributed by atoms with Gasteiger partial charge in [-0.3, -0.25) is 0 Å². The Bertz CT molecular complexity index is 2680. The summed E-state index contributed by atoms with van der Waals surface area (Å²) in [6, 6.07) is 60.1. The van der Waals surface area contributed by atoms with Crippen LogP contribution < -0.4 is 0 Å². The minimum absolute atomic E-state index is 1.14. The third-order valence-electron chi connectivity index (χ3n) is 11.0. The quantitative estimate of drug-likeness (QED) is 0.163. The molecule has 8 aromatic carbocycles. The normalized spacial score (nSPS) is 11.5. The molecule has 0 fully saturated rings. The molecule has 0 aliphatic rings. The summed E-state index contributed by atoms with van der Waals surface area (Å²) in [5, 5.41) is 7.60. The molecule has 1 heterocycles. The minimum atomic E-state index is 1.14. The lowest BCUT2D eigenvalue weighted by molar-refractivity contribution is 1.10. The highest BCUT2D eigenvalue weighted by Crippen LogP contribution is 2.48. The van der Waals surface area contributed by atoms with E-state index in [1.807, 2.05) is 0 Å². The van der Waals surface area contributed by atoms with E-state index in [0.717, 1.165) is 5.69 Å². The molecule has 1 aromatic heterocycles. The van der Waals surface area contributed by atoms with E-state index in [0.29, 0.717) is 0 Å². The molecule has 9 rings (SSSR count). The van der Waals surface area contributed by atoms with Gasteiger partial charge in [-0.05, 0) is 140 Å². The number of rotatable bonds is 5. The first-order valence-corrected chi connectivity index (χ1v) is 17.9. The predicted octanol–water partition coefficient (Wildman–Crippen LogP) is 13.8. The number of aryl methyl sites for hydroxylation is 2. The van der Waals surface area contributed by atoms with Crippen molar-refractivity contribution in [1.29, 1.82) is 0 Å². The van der Waals surface area contributed by atoms with Crippen molar-refractivity contribution in [3.8, 4) is 50.5 Å². The van der Waals surface area contributed by atoms with Crippen LogP contribution in [0.2, 0.25) is 0 Å². The Balaban J connectivity index is 1.46. The summed E-state index contributed by atoms with van der Waals surface area (Å²) in [5.74, 6) is 0. The largest absolute Gasteiger partial charge is 0.309 e. The van der Waals surface area contributed by atoms with Gasteiger partial charge in [0.05, 0.1) is 11.4 Å². The summed E-state index contributed by atoms with van der Waals surface area (Å²) >= 11 is 0. The Hall–Kier alpha value is -6.18. The van der Waals surface area contributed by atoms with E-state index in [1.54, 1.807) is 0 Å². The molecule has 51 heavy (non-hydrogen) atoms. The predicted molar refractivity (Wildman–Crippen MR) is 219 cm³/mol. The summed E-state index contributed by atoms with van der Waals surface area (Å²) in [6.07, 6.45) is 0. The van der Waals surface area contributed by atoms with Crippen molar-refractivity contribution < 1.29 is 0 Å². The van der Waals surface area contributed by atoms with Crippen molar-refractivity contribution in [3.63, 3.8) is 0 Å². The second-order valence-electron chi connectivity index (χ2n) is 13.9. The van der Waals surface area contributed by atoms with E-state index in [2.05, 4.69) is 196 Å². The van der Waals surface area contributed by atoms with Gasteiger partial charge in [-0.25, -0.2) is 0 Å². The molecule has 244 valence electrons. The second kappa shape index (κ2) is 12.3. The standard InChI is InChI=1S/C50H39N/c1-32-30-33(2)35(4)48(34(32)3)50-43-24-14-13-23-42(43)49(41-25-15-21-36-16-11-12-22-40(36)41)44-27-26-39(31-45(44)50)51-46(37-17-7-5-8-18-37)28-29-47(51)38-19-9-6-10-20-38/h5-31H,1-4H3. The van der Waals surface area contributed by atoms with E-state index in [9.17, 15) is 0 Å². The van der Waals surface area contributed by atoms with Crippen molar-refractivity contribution in [2.24, 2.45) is 0 Å². The fourth-order valence-electron chi connectivity index (χ4n) is 8.28. The maximum absolute atomic E-state index is 2.46. The number of benzene rings is 8. The highest BCUT2D eigenvalue weighted by Gasteiger charge is 2.23. The van der Waals surface area contributed by atoms with E-state index >= 15 is 0 Å². The summed E-state index contributed by atoms with van der Waals surface area (Å²) in [6.45, 7) is 9.10. The van der Waals surface area contributed by atoms with Gasteiger partial charge in [0.2, 0.25) is 0 Å².